The van der Waals surface area contributed by atoms with Crippen LogP contribution in [0.3, 0.4) is 0 Å². The number of H-pyrrole nitrogens is 1. The Hall–Kier alpha value is -3.52. The number of nitrogens with one attached hydrogen (secondary N) is 2. The summed E-state index contributed by atoms with van der Waals surface area (Å²) in [4.78, 5) is 15.2. The van der Waals surface area contributed by atoms with E-state index < -0.39 is 0 Å². The van der Waals surface area contributed by atoms with E-state index in [0.717, 1.165) is 33.9 Å². The number of aromatic amines is 1. The van der Waals surface area contributed by atoms with Crippen LogP contribution in [0.15, 0.2) is 42.6 Å². The Balaban J connectivity index is 0.000000421. The maximum atomic E-state index is 12.9. The van der Waals surface area contributed by atoms with Crippen LogP contribution >= 0.6 is 0 Å². The van der Waals surface area contributed by atoms with Gasteiger partial charge in [-0.05, 0) is 87.8 Å². The number of hydrogen-bond acceptors (Lipinski definition) is 6. The Kier molecular flexibility index (Phi) is 7.92. The fourth-order valence-corrected chi connectivity index (χ4v) is 4.38. The van der Waals surface area contributed by atoms with Gasteiger partial charge in [0.2, 0.25) is 5.91 Å². The van der Waals surface area contributed by atoms with Crippen LogP contribution in [0.25, 0.3) is 11.1 Å². The van der Waals surface area contributed by atoms with E-state index in [9.17, 15) is 4.79 Å². The molecule has 0 radical (unpaired) electrons. The number of aromatic nitrogens is 2. The van der Waals surface area contributed by atoms with Gasteiger partial charge in [0, 0.05) is 11.3 Å². The molecule has 1 aromatic heterocycles. The Morgan fingerprint density at radius 2 is 1.94 bits per heavy atom. The highest BCUT2D eigenvalue weighted by molar-refractivity contribution is 5.95. The lowest BCUT2D eigenvalue weighted by Crippen LogP contribution is -2.32. The second-order valence-corrected chi connectivity index (χ2v) is 9.01. The Morgan fingerprint density at radius 3 is 2.57 bits per heavy atom. The third-order valence-corrected chi connectivity index (χ3v) is 6.47. The smallest absolute Gasteiger partial charge is 0.231 e. The molecule has 0 aliphatic carbocycles. The number of ether oxygens (including phenoxy) is 3. The number of amides is 1. The minimum Gasteiger partial charge on any atom is -0.497 e. The average molecular weight is 479 g/mol. The van der Waals surface area contributed by atoms with Gasteiger partial charge in [-0.1, -0.05) is 6.07 Å². The number of carbonyl (C=O) groups excluding carboxylic acids is 1. The van der Waals surface area contributed by atoms with Gasteiger partial charge in [-0.25, -0.2) is 0 Å². The van der Waals surface area contributed by atoms with Gasteiger partial charge >= 0.3 is 0 Å². The van der Waals surface area contributed by atoms with Gasteiger partial charge < -0.3 is 24.4 Å². The van der Waals surface area contributed by atoms with Crippen molar-refractivity contribution in [2.24, 2.45) is 5.92 Å². The molecule has 8 nitrogen and oxygen atoms in total. The van der Waals surface area contributed by atoms with Crippen LogP contribution < -0.4 is 19.5 Å². The van der Waals surface area contributed by atoms with Crippen molar-refractivity contribution >= 4 is 11.6 Å². The van der Waals surface area contributed by atoms with E-state index in [1.807, 2.05) is 43.3 Å². The molecule has 2 aromatic carbocycles. The van der Waals surface area contributed by atoms with Crippen LogP contribution in [0, 0.1) is 12.8 Å². The fraction of sp³-hybridized carbons (Fsp3) is 0.407. The summed E-state index contributed by atoms with van der Waals surface area (Å²) in [5, 5.41) is 9.96. The number of rotatable bonds is 5. The molecule has 1 amide bonds. The lowest BCUT2D eigenvalue weighted by Gasteiger charge is -2.25. The number of anilines is 1. The molecule has 1 saturated heterocycles. The third-order valence-electron chi connectivity index (χ3n) is 6.47. The van der Waals surface area contributed by atoms with Crippen molar-refractivity contribution in [3.05, 3.63) is 53.9 Å². The lowest BCUT2D eigenvalue weighted by molar-refractivity contribution is -0.121. The molecule has 1 atom stereocenters. The number of hydrogen-bond donors (Lipinski definition) is 2. The number of aryl methyl sites for hydroxylation is 1. The summed E-state index contributed by atoms with van der Waals surface area (Å²) in [6.45, 7) is 4.93. The topological polar surface area (TPSA) is 88.7 Å². The van der Waals surface area contributed by atoms with Crippen LogP contribution in [0.4, 0.5) is 5.69 Å². The van der Waals surface area contributed by atoms with Crippen molar-refractivity contribution < 1.29 is 19.0 Å². The van der Waals surface area contributed by atoms with E-state index in [1.165, 1.54) is 25.9 Å². The molecule has 186 valence electrons. The van der Waals surface area contributed by atoms with Crippen LogP contribution in [0.5, 0.6) is 17.2 Å². The number of benzene rings is 2. The Labute approximate surface area is 206 Å². The van der Waals surface area contributed by atoms with Crippen molar-refractivity contribution in [3.8, 4) is 28.4 Å². The van der Waals surface area contributed by atoms with Crippen LogP contribution in [-0.4, -0.2) is 62.0 Å². The molecule has 1 fully saturated rings. The van der Waals surface area contributed by atoms with Gasteiger partial charge in [-0.2, -0.15) is 5.10 Å². The summed E-state index contributed by atoms with van der Waals surface area (Å²) in [5.74, 6) is 1.74. The van der Waals surface area contributed by atoms with Gasteiger partial charge in [0.25, 0.3) is 0 Å². The minimum atomic E-state index is -0.296. The molecule has 5 rings (SSSR count). The van der Waals surface area contributed by atoms with Crippen LogP contribution in [0.1, 0.15) is 24.1 Å². The molecule has 0 bridgehead atoms. The maximum Gasteiger partial charge on any atom is 0.231 e. The van der Waals surface area contributed by atoms with Crippen LogP contribution in [0.2, 0.25) is 0 Å². The van der Waals surface area contributed by atoms with Crippen molar-refractivity contribution in [2.75, 3.05) is 46.3 Å². The van der Waals surface area contributed by atoms with E-state index in [1.54, 1.807) is 20.4 Å². The van der Waals surface area contributed by atoms with E-state index in [2.05, 4.69) is 27.5 Å². The summed E-state index contributed by atoms with van der Waals surface area (Å²) in [6.07, 6.45) is 5.19. The molecule has 1 unspecified atom stereocenters. The molecule has 2 aliphatic heterocycles. The zero-order valence-corrected chi connectivity index (χ0v) is 20.9. The predicted octanol–water partition coefficient (Wildman–Crippen LogP) is 4.30. The molecular formula is C27H34N4O4. The van der Waals surface area contributed by atoms with Gasteiger partial charge in [0.05, 0.1) is 32.0 Å². The first kappa shape index (κ1) is 24.6. The van der Waals surface area contributed by atoms with Gasteiger partial charge in [-0.15, -0.1) is 0 Å². The maximum absolute atomic E-state index is 12.9. The summed E-state index contributed by atoms with van der Waals surface area (Å²) in [7, 11) is 5.38. The third kappa shape index (κ3) is 5.95. The SMILES string of the molecule is CN1CCCC1.COc1ccc2c(c1)CC(C(=O)Nc1ccc(-c3cn[nH]c3C)cc1OC)CO2. The lowest BCUT2D eigenvalue weighted by atomic mass is 9.95. The van der Waals surface area contributed by atoms with Crippen molar-refractivity contribution in [1.82, 2.24) is 15.1 Å². The van der Waals surface area contributed by atoms with Gasteiger partial charge in [-0.3, -0.25) is 9.89 Å². The Bertz CT molecular complexity index is 1150. The fourth-order valence-electron chi connectivity index (χ4n) is 4.38. The quantitative estimate of drug-likeness (QED) is 0.568. The molecule has 0 saturated carbocycles. The molecule has 2 aliphatic rings. The summed E-state index contributed by atoms with van der Waals surface area (Å²) < 4.78 is 16.6. The number of methoxy groups -OCH3 is 2. The summed E-state index contributed by atoms with van der Waals surface area (Å²) >= 11 is 0. The van der Waals surface area contributed by atoms with E-state index in [-0.39, 0.29) is 11.8 Å². The highest BCUT2D eigenvalue weighted by atomic mass is 16.5. The monoisotopic (exact) mass is 478 g/mol. The highest BCUT2D eigenvalue weighted by Crippen LogP contribution is 2.34. The summed E-state index contributed by atoms with van der Waals surface area (Å²) in [6, 6.07) is 11.3. The second kappa shape index (κ2) is 11.3. The first-order valence-electron chi connectivity index (χ1n) is 12.0. The number of nitrogens with zero attached hydrogens (tertiary/aromatic N) is 2. The van der Waals surface area contributed by atoms with E-state index in [0.29, 0.717) is 24.5 Å². The number of likely N-dealkylation sites (tertiary alicyclic amines) is 1. The van der Waals surface area contributed by atoms with Gasteiger partial charge in [0.15, 0.2) is 0 Å². The first-order valence-corrected chi connectivity index (χ1v) is 12.0. The van der Waals surface area contributed by atoms with E-state index >= 15 is 0 Å². The average Bonchev–Trinajstić information content (AvgIpc) is 3.54. The second-order valence-electron chi connectivity index (χ2n) is 9.01. The zero-order valence-electron chi connectivity index (χ0n) is 20.9. The molecule has 35 heavy (non-hydrogen) atoms. The molecule has 3 aromatic rings. The summed E-state index contributed by atoms with van der Waals surface area (Å²) in [5.41, 5.74) is 4.52. The highest BCUT2D eigenvalue weighted by Gasteiger charge is 2.27. The number of carbonyl (C=O) groups is 1. The van der Waals surface area contributed by atoms with E-state index in [4.69, 9.17) is 14.2 Å². The largest absolute Gasteiger partial charge is 0.497 e. The standard InChI is InChI=1S/C22H23N3O4.C5H11N/c1-13-18(11-23-25-13)14-4-6-19(21(10-14)28-3)24-22(26)16-8-15-9-17(27-2)5-7-20(15)29-12-16;1-6-4-2-3-5-6/h4-7,9-11,16H,8,12H2,1-3H3,(H,23,25)(H,24,26);2-5H2,1H3. The molecule has 8 heteroatoms. The minimum absolute atomic E-state index is 0.107. The van der Waals surface area contributed by atoms with Gasteiger partial charge in [0.1, 0.15) is 23.9 Å². The predicted molar refractivity (Wildman–Crippen MR) is 136 cm³/mol. The van der Waals surface area contributed by atoms with Crippen molar-refractivity contribution in [1.29, 1.82) is 0 Å². The first-order chi connectivity index (χ1) is 17.0. The molecule has 3 heterocycles. The van der Waals surface area contributed by atoms with Crippen LogP contribution in [-0.2, 0) is 11.2 Å². The number of fused-ring (bicyclic) bond motifs is 1. The molecule has 2 N–H and O–H groups in total. The Morgan fingerprint density at radius 1 is 1.14 bits per heavy atom. The molecule has 0 spiro atoms. The normalized spacial score (nSPS) is 17.0. The zero-order chi connectivity index (χ0) is 24.8. The van der Waals surface area contributed by atoms with Crippen molar-refractivity contribution in [3.63, 3.8) is 0 Å². The van der Waals surface area contributed by atoms with Crippen molar-refractivity contribution in [2.45, 2.75) is 26.2 Å². The molecular weight excluding hydrogens is 444 g/mol.